The topological polar surface area (TPSA) is 85.3 Å². The first-order chi connectivity index (χ1) is 23.1. The number of anilines is 5. The normalized spacial score (nSPS) is 12.5. The number of nitrogens with one attached hydrogen (secondary N) is 1. The molecule has 0 aliphatic carbocycles. The van der Waals surface area contributed by atoms with Crippen LogP contribution in [0.1, 0.15) is 43.4 Å². The number of hydrogen-bond acceptors (Lipinski definition) is 8. The molecule has 0 saturated carbocycles. The van der Waals surface area contributed by atoms with Crippen LogP contribution in [0.5, 0.6) is 23.0 Å². The van der Waals surface area contributed by atoms with Crippen molar-refractivity contribution in [3.05, 3.63) is 114 Å². The number of aromatic nitrogens is 4. The maximum atomic E-state index is 6.77. The third-order valence-electron chi connectivity index (χ3n) is 8.51. The molecule has 0 amide bonds. The predicted octanol–water partition coefficient (Wildman–Crippen LogP) is 10.2. The van der Waals surface area contributed by atoms with Gasteiger partial charge in [-0.1, -0.05) is 44.9 Å². The van der Waals surface area contributed by atoms with Crippen molar-refractivity contribution >= 4 is 28.4 Å². The van der Waals surface area contributed by atoms with E-state index in [4.69, 9.17) is 19.4 Å². The minimum absolute atomic E-state index is 0.576. The van der Waals surface area contributed by atoms with E-state index in [-0.39, 0.29) is 0 Å². The van der Waals surface area contributed by atoms with Crippen LogP contribution in [0.15, 0.2) is 97.6 Å². The van der Waals surface area contributed by atoms with Gasteiger partial charge in [0, 0.05) is 30.4 Å². The van der Waals surface area contributed by atoms with Crippen LogP contribution in [-0.2, 0) is 12.8 Å². The van der Waals surface area contributed by atoms with Gasteiger partial charge < -0.3 is 19.7 Å². The van der Waals surface area contributed by atoms with Gasteiger partial charge in [-0.3, -0.25) is 0 Å². The van der Waals surface area contributed by atoms with Crippen molar-refractivity contribution in [2.45, 2.75) is 46.5 Å². The van der Waals surface area contributed by atoms with Gasteiger partial charge in [-0.2, -0.15) is 0 Å². The van der Waals surface area contributed by atoms with E-state index in [2.05, 4.69) is 77.4 Å². The van der Waals surface area contributed by atoms with Gasteiger partial charge in [0.05, 0.1) is 28.3 Å². The molecule has 2 aliphatic rings. The maximum Gasteiger partial charge on any atom is 0.163 e. The molecule has 0 bridgehead atoms. The summed E-state index contributed by atoms with van der Waals surface area (Å²) in [6.45, 7) is 6.47. The molecular weight excluding hydrogens is 584 g/mol. The van der Waals surface area contributed by atoms with Gasteiger partial charge in [0.25, 0.3) is 0 Å². The molecule has 2 aromatic heterocycles. The lowest BCUT2D eigenvalue weighted by molar-refractivity contribution is 0.473. The third-order valence-corrected chi connectivity index (χ3v) is 8.51. The molecule has 8 rings (SSSR count). The number of nitrogens with zero attached hydrogens (tertiary/aromatic N) is 5. The molecule has 0 radical (unpaired) electrons. The molecule has 8 nitrogen and oxygen atoms in total. The van der Waals surface area contributed by atoms with Gasteiger partial charge in [-0.25, -0.2) is 19.9 Å². The number of fused-ring (bicyclic) bond motifs is 4. The Morgan fingerprint density at radius 2 is 1.43 bits per heavy atom. The van der Waals surface area contributed by atoms with Crippen molar-refractivity contribution in [2.24, 2.45) is 0 Å². The van der Waals surface area contributed by atoms with Gasteiger partial charge >= 0.3 is 0 Å². The molecule has 2 aliphatic heterocycles. The highest BCUT2D eigenvalue weighted by Crippen LogP contribution is 2.58. The van der Waals surface area contributed by atoms with Gasteiger partial charge in [0.1, 0.15) is 5.69 Å². The number of ether oxygens (including phenoxy) is 2. The van der Waals surface area contributed by atoms with Crippen LogP contribution in [0.25, 0.3) is 22.8 Å². The van der Waals surface area contributed by atoms with E-state index in [0.717, 1.165) is 88.1 Å². The van der Waals surface area contributed by atoms with E-state index in [1.165, 1.54) is 11.1 Å². The van der Waals surface area contributed by atoms with E-state index in [9.17, 15) is 0 Å². The lowest BCUT2D eigenvalue weighted by Gasteiger charge is -2.36. The van der Waals surface area contributed by atoms with Crippen molar-refractivity contribution in [1.29, 1.82) is 0 Å². The highest BCUT2D eigenvalue weighted by molar-refractivity contribution is 6.02. The number of para-hydroxylation sites is 2. The molecule has 0 atom stereocenters. The average molecular weight is 619 g/mol. The Labute approximate surface area is 274 Å². The fourth-order valence-electron chi connectivity index (χ4n) is 6.60. The minimum Gasteiger partial charge on any atom is -0.453 e. The second kappa shape index (κ2) is 11.9. The van der Waals surface area contributed by atoms with Crippen molar-refractivity contribution in [3.8, 4) is 45.8 Å². The monoisotopic (exact) mass is 618 g/mol. The van der Waals surface area contributed by atoms with E-state index >= 15 is 0 Å². The van der Waals surface area contributed by atoms with E-state index in [1.54, 1.807) is 24.8 Å². The first-order valence-electron chi connectivity index (χ1n) is 16.2. The predicted molar refractivity (Wildman–Crippen MR) is 186 cm³/mol. The largest absolute Gasteiger partial charge is 0.453 e. The standard InChI is InChI=1S/C39H34N6O2/c1-4-10-25-22-26(11-5-2)37-28(23-25)44-35-32(47-37)15-14-30(34(35)39-42-18-9-19-43-39)45-29-12-6-7-13-31(29)46-33-21-24(3)20-27(36(33)45)38-40-16-8-17-41-38/h6-9,12-23,44H,4-5,10-11H2,1-3H3. The number of aryl methyl sites for hydroxylation is 3. The van der Waals surface area contributed by atoms with Crippen molar-refractivity contribution in [3.63, 3.8) is 0 Å². The summed E-state index contributed by atoms with van der Waals surface area (Å²) in [5, 5.41) is 3.80. The summed E-state index contributed by atoms with van der Waals surface area (Å²) < 4.78 is 13.3. The summed E-state index contributed by atoms with van der Waals surface area (Å²) in [7, 11) is 0. The van der Waals surface area contributed by atoms with E-state index in [0.29, 0.717) is 17.4 Å². The Hall–Kier alpha value is -5.76. The summed E-state index contributed by atoms with van der Waals surface area (Å²) in [4.78, 5) is 21.1. The second-order valence-corrected chi connectivity index (χ2v) is 11.9. The summed E-state index contributed by atoms with van der Waals surface area (Å²) in [5.74, 6) is 4.25. The lowest BCUT2D eigenvalue weighted by atomic mass is 9.97. The molecule has 8 heteroatoms. The summed E-state index contributed by atoms with van der Waals surface area (Å²) >= 11 is 0. The molecule has 0 unspecified atom stereocenters. The quantitative estimate of drug-likeness (QED) is 0.189. The molecule has 0 spiro atoms. The molecule has 232 valence electrons. The number of hydrogen-bond donors (Lipinski definition) is 1. The first kappa shape index (κ1) is 28.7. The lowest BCUT2D eigenvalue weighted by Crippen LogP contribution is -2.19. The summed E-state index contributed by atoms with van der Waals surface area (Å²) in [5.41, 5.74) is 9.58. The summed E-state index contributed by atoms with van der Waals surface area (Å²) in [6, 6.07) is 24.5. The zero-order valence-electron chi connectivity index (χ0n) is 26.6. The molecule has 4 aromatic carbocycles. The Morgan fingerprint density at radius 3 is 2.19 bits per heavy atom. The maximum absolute atomic E-state index is 6.77. The Bertz CT molecular complexity index is 2120. The highest BCUT2D eigenvalue weighted by atomic mass is 16.5. The van der Waals surface area contributed by atoms with Crippen LogP contribution in [0.2, 0.25) is 0 Å². The van der Waals surface area contributed by atoms with E-state index in [1.807, 2.05) is 36.4 Å². The smallest absolute Gasteiger partial charge is 0.163 e. The van der Waals surface area contributed by atoms with Gasteiger partial charge in [0.2, 0.25) is 0 Å². The van der Waals surface area contributed by atoms with Gasteiger partial charge in [-0.05, 0) is 91.1 Å². The molecular formula is C39H34N6O2. The minimum atomic E-state index is 0.576. The Balaban J connectivity index is 1.40. The fraction of sp³-hybridized carbons (Fsp3) is 0.179. The highest BCUT2D eigenvalue weighted by Gasteiger charge is 2.34. The van der Waals surface area contributed by atoms with Crippen LogP contribution < -0.4 is 19.7 Å². The molecule has 0 fully saturated rings. The first-order valence-corrected chi connectivity index (χ1v) is 16.2. The number of benzene rings is 4. The van der Waals surface area contributed by atoms with Gasteiger partial charge in [0.15, 0.2) is 34.6 Å². The average Bonchev–Trinajstić information content (AvgIpc) is 3.10. The van der Waals surface area contributed by atoms with Crippen molar-refractivity contribution in [1.82, 2.24) is 19.9 Å². The molecule has 47 heavy (non-hydrogen) atoms. The second-order valence-electron chi connectivity index (χ2n) is 11.9. The van der Waals surface area contributed by atoms with E-state index < -0.39 is 0 Å². The Morgan fingerprint density at radius 1 is 0.681 bits per heavy atom. The fourth-order valence-corrected chi connectivity index (χ4v) is 6.60. The van der Waals surface area contributed by atoms with Crippen LogP contribution >= 0.6 is 0 Å². The third kappa shape index (κ3) is 5.02. The molecule has 4 heterocycles. The zero-order valence-corrected chi connectivity index (χ0v) is 26.6. The summed E-state index contributed by atoms with van der Waals surface area (Å²) in [6.07, 6.45) is 11.1. The molecule has 1 N–H and O–H groups in total. The molecule has 6 aromatic rings. The molecule has 0 saturated heterocycles. The van der Waals surface area contributed by atoms with Crippen molar-refractivity contribution in [2.75, 3.05) is 10.2 Å². The van der Waals surface area contributed by atoms with Crippen molar-refractivity contribution < 1.29 is 9.47 Å². The SMILES string of the molecule is CCCc1cc(CCC)c2c(c1)Nc1c(ccc(N3c4ccccc4Oc4cc(C)cc(-c5ncccn5)c43)c1-c1ncccn1)O2. The van der Waals surface area contributed by atoms with Gasteiger partial charge in [-0.15, -0.1) is 0 Å². The number of rotatable bonds is 7. The van der Waals surface area contributed by atoms with Crippen LogP contribution in [0, 0.1) is 6.92 Å². The van der Waals surface area contributed by atoms with Crippen LogP contribution in [0.4, 0.5) is 28.4 Å². The van der Waals surface area contributed by atoms with Crippen LogP contribution in [-0.4, -0.2) is 19.9 Å². The van der Waals surface area contributed by atoms with Crippen LogP contribution in [0.3, 0.4) is 0 Å². The Kier molecular flexibility index (Phi) is 7.25. The zero-order chi connectivity index (χ0) is 31.9.